The molecule has 2 atom stereocenters. The number of ether oxygens (including phenoxy) is 2. The lowest BCUT2D eigenvalue weighted by molar-refractivity contribution is -0.125. The zero-order valence-corrected chi connectivity index (χ0v) is 19.7. The zero-order valence-electron chi connectivity index (χ0n) is 19.7. The molecule has 0 radical (unpaired) electrons. The van der Waals surface area contributed by atoms with E-state index in [4.69, 9.17) is 9.47 Å². The monoisotopic (exact) mass is 424 g/mol. The summed E-state index contributed by atoms with van der Waals surface area (Å²) in [7, 11) is 3.34. The second-order valence-corrected chi connectivity index (χ2v) is 8.73. The molecule has 0 aliphatic carbocycles. The van der Waals surface area contributed by atoms with Crippen LogP contribution >= 0.6 is 0 Å². The van der Waals surface area contributed by atoms with E-state index in [2.05, 4.69) is 60.5 Å². The van der Waals surface area contributed by atoms with Crippen molar-refractivity contribution in [2.24, 2.45) is 5.92 Å². The number of fused-ring (bicyclic) bond motifs is 1. The van der Waals surface area contributed by atoms with Gasteiger partial charge in [-0.25, -0.2) is 0 Å². The van der Waals surface area contributed by atoms with Crippen LogP contribution < -0.4 is 14.8 Å². The van der Waals surface area contributed by atoms with Crippen LogP contribution in [-0.4, -0.2) is 37.6 Å². The third kappa shape index (κ3) is 5.21. The fourth-order valence-corrected chi connectivity index (χ4v) is 4.36. The summed E-state index contributed by atoms with van der Waals surface area (Å²) in [6.45, 7) is 9.90. The quantitative estimate of drug-likeness (QED) is 0.669. The third-order valence-corrected chi connectivity index (χ3v) is 6.21. The summed E-state index contributed by atoms with van der Waals surface area (Å²) in [4.78, 5) is 15.1. The molecule has 1 aliphatic rings. The van der Waals surface area contributed by atoms with E-state index >= 15 is 0 Å². The Morgan fingerprint density at radius 3 is 2.35 bits per heavy atom. The van der Waals surface area contributed by atoms with Gasteiger partial charge >= 0.3 is 0 Å². The minimum atomic E-state index is -0.0481. The maximum absolute atomic E-state index is 12.6. The standard InChI is InChI=1S/C26H36N2O3/c1-7-22(27-26(29)17(2)3)25-21-15-24(31-6)23(30-5)14-20(21)12-13-28(25)16-19-10-8-18(4)9-11-19/h8-11,14-15,17,22,25H,7,12-13,16H2,1-6H3,(H,27,29). The fourth-order valence-electron chi connectivity index (χ4n) is 4.36. The van der Waals surface area contributed by atoms with Crippen LogP contribution in [0.3, 0.4) is 0 Å². The predicted molar refractivity (Wildman–Crippen MR) is 125 cm³/mol. The average molecular weight is 425 g/mol. The largest absolute Gasteiger partial charge is 0.493 e. The van der Waals surface area contributed by atoms with Crippen molar-refractivity contribution in [3.05, 3.63) is 58.7 Å². The van der Waals surface area contributed by atoms with Gasteiger partial charge < -0.3 is 14.8 Å². The number of nitrogens with zero attached hydrogens (tertiary/aromatic N) is 1. The SMILES string of the molecule is CCC(NC(=O)C(C)C)C1c2cc(OC)c(OC)cc2CCN1Cc1ccc(C)cc1. The van der Waals surface area contributed by atoms with Crippen molar-refractivity contribution in [2.75, 3.05) is 20.8 Å². The van der Waals surface area contributed by atoms with E-state index in [0.717, 1.165) is 37.4 Å². The zero-order chi connectivity index (χ0) is 22.5. The molecule has 0 saturated heterocycles. The molecule has 0 spiro atoms. The predicted octanol–water partition coefficient (Wildman–Crippen LogP) is 4.66. The number of amides is 1. The number of aryl methyl sites for hydroxylation is 1. The van der Waals surface area contributed by atoms with Gasteiger partial charge in [0.05, 0.1) is 20.3 Å². The minimum absolute atomic E-state index is 0.0116. The van der Waals surface area contributed by atoms with Gasteiger partial charge in [-0.05, 0) is 48.6 Å². The number of rotatable bonds is 8. The summed E-state index contributed by atoms with van der Waals surface area (Å²) in [5.74, 6) is 1.53. The maximum Gasteiger partial charge on any atom is 0.222 e. The molecule has 5 heteroatoms. The van der Waals surface area contributed by atoms with Gasteiger partial charge in [0.1, 0.15) is 0 Å². The van der Waals surface area contributed by atoms with E-state index in [1.165, 1.54) is 22.3 Å². The lowest BCUT2D eigenvalue weighted by Crippen LogP contribution is -2.49. The number of carbonyl (C=O) groups is 1. The first-order valence-corrected chi connectivity index (χ1v) is 11.2. The highest BCUT2D eigenvalue weighted by atomic mass is 16.5. The molecule has 2 unspecified atom stereocenters. The first-order chi connectivity index (χ1) is 14.9. The van der Waals surface area contributed by atoms with Crippen LogP contribution in [0.25, 0.3) is 0 Å². The van der Waals surface area contributed by atoms with Crippen LogP contribution in [-0.2, 0) is 17.8 Å². The topological polar surface area (TPSA) is 50.8 Å². The van der Waals surface area contributed by atoms with Crippen LogP contribution in [0.15, 0.2) is 36.4 Å². The lowest BCUT2D eigenvalue weighted by atomic mass is 9.86. The van der Waals surface area contributed by atoms with Crippen molar-refractivity contribution in [2.45, 2.75) is 59.2 Å². The van der Waals surface area contributed by atoms with Gasteiger partial charge in [-0.2, -0.15) is 0 Å². The second-order valence-electron chi connectivity index (χ2n) is 8.73. The number of benzene rings is 2. The molecule has 1 aliphatic heterocycles. The minimum Gasteiger partial charge on any atom is -0.493 e. The number of methoxy groups -OCH3 is 2. The molecule has 0 fully saturated rings. The smallest absolute Gasteiger partial charge is 0.222 e. The van der Waals surface area contributed by atoms with Crippen molar-refractivity contribution < 1.29 is 14.3 Å². The number of hydrogen-bond donors (Lipinski definition) is 1. The van der Waals surface area contributed by atoms with E-state index in [9.17, 15) is 4.79 Å². The van der Waals surface area contributed by atoms with Crippen LogP contribution in [0, 0.1) is 12.8 Å². The number of hydrogen-bond acceptors (Lipinski definition) is 4. The summed E-state index contributed by atoms with van der Waals surface area (Å²) in [5.41, 5.74) is 5.02. The highest BCUT2D eigenvalue weighted by Crippen LogP contribution is 2.40. The van der Waals surface area contributed by atoms with Gasteiger partial charge in [0, 0.05) is 25.0 Å². The van der Waals surface area contributed by atoms with Gasteiger partial charge in [0.25, 0.3) is 0 Å². The van der Waals surface area contributed by atoms with Crippen LogP contribution in [0.4, 0.5) is 0 Å². The molecule has 1 amide bonds. The van der Waals surface area contributed by atoms with Gasteiger partial charge in [0.2, 0.25) is 5.91 Å². The molecular formula is C26H36N2O3. The van der Waals surface area contributed by atoms with Gasteiger partial charge in [-0.15, -0.1) is 0 Å². The molecule has 2 aromatic carbocycles. The van der Waals surface area contributed by atoms with Crippen molar-refractivity contribution >= 4 is 5.91 Å². The Hall–Kier alpha value is -2.53. The van der Waals surface area contributed by atoms with Crippen LogP contribution in [0.2, 0.25) is 0 Å². The Labute approximate surface area is 186 Å². The lowest BCUT2D eigenvalue weighted by Gasteiger charge is -2.42. The van der Waals surface area contributed by atoms with Gasteiger partial charge in [-0.3, -0.25) is 9.69 Å². The summed E-state index contributed by atoms with van der Waals surface area (Å²) in [6.07, 6.45) is 1.79. The van der Waals surface area contributed by atoms with Crippen molar-refractivity contribution in [3.8, 4) is 11.5 Å². The number of nitrogens with one attached hydrogen (secondary N) is 1. The third-order valence-electron chi connectivity index (χ3n) is 6.21. The first kappa shape index (κ1) is 23.1. The normalized spacial score (nSPS) is 17.2. The average Bonchev–Trinajstić information content (AvgIpc) is 2.77. The van der Waals surface area contributed by atoms with Gasteiger partial charge in [-0.1, -0.05) is 50.6 Å². The Bertz CT molecular complexity index is 892. The Morgan fingerprint density at radius 2 is 1.77 bits per heavy atom. The Kier molecular flexibility index (Phi) is 7.60. The molecular weight excluding hydrogens is 388 g/mol. The van der Waals surface area contributed by atoms with E-state index in [-0.39, 0.29) is 23.9 Å². The molecule has 1 heterocycles. The maximum atomic E-state index is 12.6. The van der Waals surface area contributed by atoms with Gasteiger partial charge in [0.15, 0.2) is 11.5 Å². The molecule has 0 saturated carbocycles. The molecule has 2 aromatic rings. The summed E-state index contributed by atoms with van der Waals surface area (Å²) >= 11 is 0. The number of carbonyl (C=O) groups excluding carboxylic acids is 1. The molecule has 0 aromatic heterocycles. The van der Waals surface area contributed by atoms with Crippen LogP contribution in [0.5, 0.6) is 11.5 Å². The fraction of sp³-hybridized carbons (Fsp3) is 0.500. The van der Waals surface area contributed by atoms with E-state index in [1.54, 1.807) is 14.2 Å². The van der Waals surface area contributed by atoms with Crippen molar-refractivity contribution in [3.63, 3.8) is 0 Å². The van der Waals surface area contributed by atoms with E-state index < -0.39 is 0 Å². The second kappa shape index (κ2) is 10.2. The molecule has 3 rings (SSSR count). The van der Waals surface area contributed by atoms with E-state index in [1.807, 2.05) is 13.8 Å². The summed E-state index contributed by atoms with van der Waals surface area (Å²) < 4.78 is 11.2. The molecule has 0 bridgehead atoms. The molecule has 168 valence electrons. The molecule has 31 heavy (non-hydrogen) atoms. The Morgan fingerprint density at radius 1 is 1.13 bits per heavy atom. The Balaban J connectivity index is 2.02. The van der Waals surface area contributed by atoms with Crippen molar-refractivity contribution in [1.82, 2.24) is 10.2 Å². The highest BCUT2D eigenvalue weighted by molar-refractivity contribution is 5.78. The summed E-state index contributed by atoms with van der Waals surface area (Å²) in [5, 5.41) is 3.32. The first-order valence-electron chi connectivity index (χ1n) is 11.2. The molecule has 1 N–H and O–H groups in total. The molecule has 5 nitrogen and oxygen atoms in total. The highest BCUT2D eigenvalue weighted by Gasteiger charge is 2.35. The van der Waals surface area contributed by atoms with Crippen molar-refractivity contribution in [1.29, 1.82) is 0 Å². The van der Waals surface area contributed by atoms with Crippen LogP contribution in [0.1, 0.15) is 55.5 Å². The summed E-state index contributed by atoms with van der Waals surface area (Å²) in [6, 6.07) is 13.0. The van der Waals surface area contributed by atoms with E-state index in [0.29, 0.717) is 0 Å².